The number of nitrogen functional groups attached to an aromatic ring is 1. The van der Waals surface area contributed by atoms with Crippen LogP contribution in [0.3, 0.4) is 0 Å². The van der Waals surface area contributed by atoms with Gasteiger partial charge in [0.15, 0.2) is 0 Å². The number of aromatic nitrogens is 2. The fourth-order valence-corrected chi connectivity index (χ4v) is 3.45. The summed E-state index contributed by atoms with van der Waals surface area (Å²) in [5.74, 6) is 1.99. The van der Waals surface area contributed by atoms with Crippen LogP contribution >= 0.6 is 0 Å². The van der Waals surface area contributed by atoms with E-state index in [1.54, 1.807) is 0 Å². The Morgan fingerprint density at radius 1 is 1.29 bits per heavy atom. The van der Waals surface area contributed by atoms with Crippen LogP contribution in [0, 0.1) is 0 Å². The van der Waals surface area contributed by atoms with Gasteiger partial charge in [-0.05, 0) is 38.6 Å². The Morgan fingerprint density at radius 2 is 2.14 bits per heavy atom. The van der Waals surface area contributed by atoms with Crippen LogP contribution in [0.1, 0.15) is 39.0 Å². The van der Waals surface area contributed by atoms with E-state index in [-0.39, 0.29) is 0 Å². The van der Waals surface area contributed by atoms with Gasteiger partial charge in [0.25, 0.3) is 0 Å². The summed E-state index contributed by atoms with van der Waals surface area (Å²) in [6, 6.07) is 3.22. The summed E-state index contributed by atoms with van der Waals surface area (Å²) in [4.78, 5) is 11.2. The molecule has 2 saturated heterocycles. The molecule has 2 aliphatic heterocycles. The minimum absolute atomic E-state index is 0.330. The lowest BCUT2D eigenvalue weighted by Gasteiger charge is -2.35. The molecule has 1 aromatic rings. The number of nitrogens with two attached hydrogens (primary N) is 1. The highest BCUT2D eigenvalue weighted by atomic mass is 15.2. The summed E-state index contributed by atoms with van der Waals surface area (Å²) in [5.41, 5.74) is 5.81. The maximum atomic E-state index is 5.81. The van der Waals surface area contributed by atoms with Gasteiger partial charge >= 0.3 is 0 Å². The summed E-state index contributed by atoms with van der Waals surface area (Å²) in [5, 5.41) is 6.82. The van der Waals surface area contributed by atoms with Gasteiger partial charge in [0, 0.05) is 31.2 Å². The van der Waals surface area contributed by atoms with E-state index in [4.69, 9.17) is 5.73 Å². The normalized spacial score (nSPS) is 25.6. The van der Waals surface area contributed by atoms with Crippen LogP contribution in [0.2, 0.25) is 0 Å². The zero-order valence-corrected chi connectivity index (χ0v) is 12.8. The molecule has 0 radical (unpaired) electrons. The van der Waals surface area contributed by atoms with Gasteiger partial charge in [-0.15, -0.1) is 0 Å². The first-order valence-corrected chi connectivity index (χ1v) is 8.13. The standard InChI is InChI=1S/C15H26N6/c1-2-6-17-13-10-14(20-15(16)19-13)18-11-5-8-21-7-3-4-12(21)9-11/h10-12H,2-9H2,1H3,(H4,16,17,18,19,20). The first-order chi connectivity index (χ1) is 10.2. The molecule has 0 bridgehead atoms. The highest BCUT2D eigenvalue weighted by Gasteiger charge is 2.31. The molecule has 0 aromatic carbocycles. The Balaban J connectivity index is 1.62. The van der Waals surface area contributed by atoms with Crippen molar-refractivity contribution in [2.24, 2.45) is 0 Å². The molecule has 0 amide bonds. The smallest absolute Gasteiger partial charge is 0.223 e. The minimum Gasteiger partial charge on any atom is -0.370 e. The average Bonchev–Trinajstić information content (AvgIpc) is 2.92. The lowest BCUT2D eigenvalue weighted by Crippen LogP contribution is -2.42. The van der Waals surface area contributed by atoms with Crippen molar-refractivity contribution in [3.05, 3.63) is 6.07 Å². The van der Waals surface area contributed by atoms with Gasteiger partial charge in [-0.2, -0.15) is 9.97 Å². The van der Waals surface area contributed by atoms with Gasteiger partial charge in [-0.3, -0.25) is 0 Å². The van der Waals surface area contributed by atoms with Crippen molar-refractivity contribution in [1.82, 2.24) is 14.9 Å². The lowest BCUT2D eigenvalue weighted by atomic mass is 9.97. The fourth-order valence-electron chi connectivity index (χ4n) is 3.45. The summed E-state index contributed by atoms with van der Waals surface area (Å²) < 4.78 is 0. The van der Waals surface area contributed by atoms with E-state index in [9.17, 15) is 0 Å². The van der Waals surface area contributed by atoms with Gasteiger partial charge in [-0.1, -0.05) is 6.92 Å². The molecule has 3 rings (SSSR count). The van der Waals surface area contributed by atoms with Gasteiger partial charge in [0.05, 0.1) is 0 Å². The van der Waals surface area contributed by atoms with Crippen molar-refractivity contribution >= 4 is 17.6 Å². The Hall–Kier alpha value is -1.56. The van der Waals surface area contributed by atoms with Crippen LogP contribution in [0.15, 0.2) is 6.07 Å². The van der Waals surface area contributed by atoms with Crippen LogP contribution in [0.4, 0.5) is 17.6 Å². The molecule has 2 unspecified atom stereocenters. The molecular weight excluding hydrogens is 264 g/mol. The number of fused-ring (bicyclic) bond motifs is 1. The van der Waals surface area contributed by atoms with Crippen molar-refractivity contribution in [3.8, 4) is 0 Å². The molecule has 0 spiro atoms. The predicted octanol–water partition coefficient (Wildman–Crippen LogP) is 1.92. The molecule has 2 aliphatic rings. The number of nitrogens with one attached hydrogen (secondary N) is 2. The van der Waals surface area contributed by atoms with Crippen LogP contribution < -0.4 is 16.4 Å². The van der Waals surface area contributed by atoms with E-state index in [0.717, 1.165) is 30.6 Å². The van der Waals surface area contributed by atoms with Gasteiger partial charge in [0.1, 0.15) is 11.6 Å². The molecule has 116 valence electrons. The van der Waals surface area contributed by atoms with Crippen molar-refractivity contribution in [2.45, 2.75) is 51.1 Å². The summed E-state index contributed by atoms with van der Waals surface area (Å²) >= 11 is 0. The van der Waals surface area contributed by atoms with Crippen molar-refractivity contribution in [1.29, 1.82) is 0 Å². The number of hydrogen-bond donors (Lipinski definition) is 3. The first-order valence-electron chi connectivity index (χ1n) is 8.13. The predicted molar refractivity (Wildman–Crippen MR) is 86.5 cm³/mol. The van der Waals surface area contributed by atoms with Crippen LogP contribution in [0.5, 0.6) is 0 Å². The molecule has 0 saturated carbocycles. The van der Waals surface area contributed by atoms with Gasteiger partial charge < -0.3 is 21.3 Å². The van der Waals surface area contributed by atoms with Crippen LogP contribution in [-0.2, 0) is 0 Å². The molecule has 1 aromatic heterocycles. The zero-order chi connectivity index (χ0) is 14.7. The van der Waals surface area contributed by atoms with Gasteiger partial charge in [0.2, 0.25) is 5.95 Å². The van der Waals surface area contributed by atoms with Crippen molar-refractivity contribution in [2.75, 3.05) is 36.0 Å². The van der Waals surface area contributed by atoms with Crippen molar-refractivity contribution < 1.29 is 0 Å². The summed E-state index contributed by atoms with van der Waals surface area (Å²) in [6.45, 7) is 5.51. The highest BCUT2D eigenvalue weighted by molar-refractivity contribution is 5.51. The highest BCUT2D eigenvalue weighted by Crippen LogP contribution is 2.28. The Bertz CT molecular complexity index is 477. The number of rotatable bonds is 5. The second kappa shape index (κ2) is 6.47. The topological polar surface area (TPSA) is 79.1 Å². The van der Waals surface area contributed by atoms with Crippen LogP contribution in [0.25, 0.3) is 0 Å². The summed E-state index contributed by atoms with van der Waals surface area (Å²) in [7, 11) is 0. The van der Waals surface area contributed by atoms with E-state index < -0.39 is 0 Å². The molecule has 2 fully saturated rings. The Kier molecular flexibility index (Phi) is 4.43. The largest absolute Gasteiger partial charge is 0.370 e. The zero-order valence-electron chi connectivity index (χ0n) is 12.8. The van der Waals surface area contributed by atoms with Gasteiger partial charge in [-0.25, -0.2) is 0 Å². The molecule has 0 aliphatic carbocycles. The third-order valence-electron chi connectivity index (χ3n) is 4.47. The Morgan fingerprint density at radius 3 is 3.00 bits per heavy atom. The number of nitrogens with zero attached hydrogens (tertiary/aromatic N) is 3. The minimum atomic E-state index is 0.330. The number of piperidine rings is 1. The molecule has 21 heavy (non-hydrogen) atoms. The fraction of sp³-hybridized carbons (Fsp3) is 0.733. The average molecular weight is 290 g/mol. The van der Waals surface area contributed by atoms with Crippen LogP contribution in [-0.4, -0.2) is 46.6 Å². The monoisotopic (exact) mass is 290 g/mol. The third-order valence-corrected chi connectivity index (χ3v) is 4.47. The lowest BCUT2D eigenvalue weighted by molar-refractivity contribution is 0.188. The SMILES string of the molecule is CCCNc1cc(NC2CCN3CCCC3C2)nc(N)n1. The van der Waals surface area contributed by atoms with Crippen molar-refractivity contribution in [3.63, 3.8) is 0 Å². The molecule has 4 N–H and O–H groups in total. The molecule has 6 nitrogen and oxygen atoms in total. The molecule has 6 heteroatoms. The second-order valence-electron chi connectivity index (χ2n) is 6.12. The summed E-state index contributed by atoms with van der Waals surface area (Å²) in [6.07, 6.45) is 6.14. The number of anilines is 3. The van der Waals surface area contributed by atoms with E-state index in [1.165, 1.54) is 38.8 Å². The first kappa shape index (κ1) is 14.4. The number of hydrogen-bond acceptors (Lipinski definition) is 6. The quantitative estimate of drug-likeness (QED) is 0.769. The second-order valence-corrected chi connectivity index (χ2v) is 6.12. The maximum absolute atomic E-state index is 5.81. The molecular formula is C15H26N6. The van der Waals surface area contributed by atoms with E-state index in [1.807, 2.05) is 6.07 Å². The van der Waals surface area contributed by atoms with E-state index in [2.05, 4.69) is 32.4 Å². The Labute approximate surface area is 126 Å². The molecule has 3 heterocycles. The third kappa shape index (κ3) is 3.56. The molecule has 2 atom stereocenters. The van der Waals surface area contributed by atoms with E-state index in [0.29, 0.717) is 12.0 Å². The maximum Gasteiger partial charge on any atom is 0.223 e. The van der Waals surface area contributed by atoms with E-state index >= 15 is 0 Å².